The first kappa shape index (κ1) is 20.2. The quantitative estimate of drug-likeness (QED) is 0.593. The van der Waals surface area contributed by atoms with Crippen LogP contribution in [-0.2, 0) is 4.79 Å². The fourth-order valence-electron chi connectivity index (χ4n) is 3.59. The van der Waals surface area contributed by atoms with Gasteiger partial charge >= 0.3 is 0 Å². The first-order valence-corrected chi connectivity index (χ1v) is 9.90. The minimum Gasteiger partial charge on any atom is -0.486 e. The van der Waals surface area contributed by atoms with Gasteiger partial charge in [-0.2, -0.15) is 0 Å². The van der Waals surface area contributed by atoms with Crippen LogP contribution in [0.5, 0.6) is 5.75 Å². The van der Waals surface area contributed by atoms with Crippen molar-refractivity contribution in [3.8, 4) is 5.75 Å². The molecule has 0 saturated carbocycles. The first-order chi connectivity index (χ1) is 13.3. The van der Waals surface area contributed by atoms with Gasteiger partial charge in [-0.25, -0.2) is 0 Å². The van der Waals surface area contributed by atoms with Crippen LogP contribution in [0, 0.1) is 5.41 Å². The molecular formula is C24H26ClNO2. The standard InChI is InChI=1S/C24H26ClNO2/c1-17-21(13-14-23(27)26-19-11-9-18(25)10-12-19)24(2,3)16-15-22(17)28-20-7-5-4-6-8-20/h4-14,22H,15-16H2,1-3H3,(H,26,27)/b14-13+. The number of hydrogen-bond acceptors (Lipinski definition) is 2. The molecule has 2 aromatic rings. The number of para-hydroxylation sites is 1. The highest BCUT2D eigenvalue weighted by Crippen LogP contribution is 2.42. The van der Waals surface area contributed by atoms with E-state index < -0.39 is 0 Å². The summed E-state index contributed by atoms with van der Waals surface area (Å²) in [6.07, 6.45) is 5.51. The average Bonchev–Trinajstić information content (AvgIpc) is 2.66. The zero-order chi connectivity index (χ0) is 20.1. The van der Waals surface area contributed by atoms with Gasteiger partial charge in [0.2, 0.25) is 5.91 Å². The Kier molecular flexibility index (Phi) is 6.25. The smallest absolute Gasteiger partial charge is 0.248 e. The monoisotopic (exact) mass is 395 g/mol. The lowest BCUT2D eigenvalue weighted by atomic mass is 9.71. The number of nitrogens with one attached hydrogen (secondary N) is 1. The summed E-state index contributed by atoms with van der Waals surface area (Å²) in [6, 6.07) is 17.0. The molecule has 0 saturated heterocycles. The van der Waals surface area contributed by atoms with Gasteiger partial charge in [0.1, 0.15) is 11.9 Å². The first-order valence-electron chi connectivity index (χ1n) is 9.53. The molecule has 1 aliphatic rings. The molecule has 1 amide bonds. The molecule has 1 aliphatic carbocycles. The third kappa shape index (κ3) is 5.05. The number of amides is 1. The van der Waals surface area contributed by atoms with E-state index in [4.69, 9.17) is 16.3 Å². The molecule has 0 spiro atoms. The second-order valence-corrected chi connectivity index (χ2v) is 8.20. The molecule has 3 nitrogen and oxygen atoms in total. The van der Waals surface area contributed by atoms with Gasteiger partial charge in [-0.05, 0) is 72.7 Å². The number of halogens is 1. The lowest BCUT2D eigenvalue weighted by molar-refractivity contribution is -0.111. The van der Waals surface area contributed by atoms with Crippen LogP contribution in [0.1, 0.15) is 33.6 Å². The van der Waals surface area contributed by atoms with Crippen LogP contribution in [0.3, 0.4) is 0 Å². The van der Waals surface area contributed by atoms with E-state index in [1.165, 1.54) is 5.57 Å². The van der Waals surface area contributed by atoms with Crippen molar-refractivity contribution < 1.29 is 9.53 Å². The molecule has 0 fully saturated rings. The number of anilines is 1. The van der Waals surface area contributed by atoms with Gasteiger partial charge in [-0.3, -0.25) is 4.79 Å². The Bertz CT molecular complexity index is 883. The molecule has 0 heterocycles. The maximum absolute atomic E-state index is 12.3. The highest BCUT2D eigenvalue weighted by atomic mass is 35.5. The van der Waals surface area contributed by atoms with Gasteiger partial charge in [0.25, 0.3) is 0 Å². The second-order valence-electron chi connectivity index (χ2n) is 7.77. The summed E-state index contributed by atoms with van der Waals surface area (Å²) in [4.78, 5) is 12.3. The Balaban J connectivity index is 1.76. The molecular weight excluding hydrogens is 370 g/mol. The molecule has 0 radical (unpaired) electrons. The van der Waals surface area contributed by atoms with Gasteiger partial charge in [0.15, 0.2) is 0 Å². The molecule has 3 rings (SSSR count). The maximum atomic E-state index is 12.3. The number of benzene rings is 2. The predicted octanol–water partition coefficient (Wildman–Crippen LogP) is 6.42. The van der Waals surface area contributed by atoms with E-state index in [9.17, 15) is 4.79 Å². The molecule has 1 N–H and O–H groups in total. The summed E-state index contributed by atoms with van der Waals surface area (Å²) < 4.78 is 6.20. The molecule has 146 valence electrons. The SMILES string of the molecule is CC1=C(/C=C/C(=O)Nc2ccc(Cl)cc2)C(C)(C)CCC1Oc1ccccc1. The van der Waals surface area contributed by atoms with E-state index in [-0.39, 0.29) is 17.4 Å². The number of rotatable bonds is 5. The fraction of sp³-hybridized carbons (Fsp3) is 0.292. The van der Waals surface area contributed by atoms with Crippen molar-refractivity contribution >= 4 is 23.2 Å². The second kappa shape index (κ2) is 8.66. The largest absolute Gasteiger partial charge is 0.486 e. The van der Waals surface area contributed by atoms with Gasteiger partial charge in [-0.1, -0.05) is 49.7 Å². The van der Waals surface area contributed by atoms with Gasteiger partial charge in [0, 0.05) is 16.8 Å². The molecule has 0 aliphatic heterocycles. The summed E-state index contributed by atoms with van der Waals surface area (Å²) in [5, 5.41) is 3.51. The molecule has 28 heavy (non-hydrogen) atoms. The van der Waals surface area contributed by atoms with Crippen LogP contribution in [-0.4, -0.2) is 12.0 Å². The Morgan fingerprint density at radius 2 is 1.82 bits per heavy atom. The molecule has 0 aromatic heterocycles. The van der Waals surface area contributed by atoms with Crippen molar-refractivity contribution in [2.45, 2.75) is 39.7 Å². The highest BCUT2D eigenvalue weighted by Gasteiger charge is 2.33. The topological polar surface area (TPSA) is 38.3 Å². The Hall–Kier alpha value is -2.52. The number of carbonyl (C=O) groups excluding carboxylic acids is 1. The van der Waals surface area contributed by atoms with Gasteiger partial charge in [0.05, 0.1) is 0 Å². The van der Waals surface area contributed by atoms with E-state index in [1.807, 2.05) is 36.4 Å². The minimum absolute atomic E-state index is 0.00230. The van der Waals surface area contributed by atoms with Crippen molar-refractivity contribution in [3.63, 3.8) is 0 Å². The van der Waals surface area contributed by atoms with E-state index in [2.05, 4.69) is 26.1 Å². The van der Waals surface area contributed by atoms with Crippen molar-refractivity contribution in [1.82, 2.24) is 0 Å². The number of carbonyl (C=O) groups is 1. The summed E-state index contributed by atoms with van der Waals surface area (Å²) in [7, 11) is 0. The molecule has 1 unspecified atom stereocenters. The third-order valence-electron chi connectivity index (χ3n) is 5.20. The van der Waals surface area contributed by atoms with E-state index in [1.54, 1.807) is 30.3 Å². The van der Waals surface area contributed by atoms with Crippen LogP contribution in [0.25, 0.3) is 0 Å². The van der Waals surface area contributed by atoms with Crippen molar-refractivity contribution in [2.24, 2.45) is 5.41 Å². The summed E-state index contributed by atoms with van der Waals surface area (Å²) in [5.74, 6) is 0.708. The fourth-order valence-corrected chi connectivity index (χ4v) is 3.72. The van der Waals surface area contributed by atoms with Crippen LogP contribution >= 0.6 is 11.6 Å². The summed E-state index contributed by atoms with van der Waals surface area (Å²) >= 11 is 5.89. The van der Waals surface area contributed by atoms with E-state index in [0.717, 1.165) is 29.9 Å². The number of hydrogen-bond donors (Lipinski definition) is 1. The Labute approximate surface area is 172 Å². The highest BCUT2D eigenvalue weighted by molar-refractivity contribution is 6.30. The van der Waals surface area contributed by atoms with Crippen molar-refractivity contribution in [1.29, 1.82) is 0 Å². The van der Waals surface area contributed by atoms with E-state index >= 15 is 0 Å². The molecule has 0 bridgehead atoms. The van der Waals surface area contributed by atoms with Crippen molar-refractivity contribution in [2.75, 3.05) is 5.32 Å². The zero-order valence-electron chi connectivity index (χ0n) is 16.5. The number of allylic oxidation sites excluding steroid dienone is 2. The van der Waals surface area contributed by atoms with Crippen molar-refractivity contribution in [3.05, 3.63) is 82.9 Å². The summed E-state index contributed by atoms with van der Waals surface area (Å²) in [5.41, 5.74) is 3.05. The Morgan fingerprint density at radius 3 is 2.50 bits per heavy atom. The predicted molar refractivity (Wildman–Crippen MR) is 116 cm³/mol. The lowest BCUT2D eigenvalue weighted by Gasteiger charge is -2.37. The third-order valence-corrected chi connectivity index (χ3v) is 5.46. The van der Waals surface area contributed by atoms with Crippen LogP contribution in [0.15, 0.2) is 77.9 Å². The normalized spacial score (nSPS) is 18.9. The minimum atomic E-state index is -0.162. The Morgan fingerprint density at radius 1 is 1.14 bits per heavy atom. The molecule has 2 aromatic carbocycles. The lowest BCUT2D eigenvalue weighted by Crippen LogP contribution is -2.31. The molecule has 1 atom stereocenters. The van der Waals surface area contributed by atoms with E-state index in [0.29, 0.717) is 5.02 Å². The molecule has 4 heteroatoms. The summed E-state index contributed by atoms with van der Waals surface area (Å²) in [6.45, 7) is 6.53. The van der Waals surface area contributed by atoms with Crippen LogP contribution in [0.2, 0.25) is 5.02 Å². The van der Waals surface area contributed by atoms with Crippen LogP contribution in [0.4, 0.5) is 5.69 Å². The van der Waals surface area contributed by atoms with Crippen LogP contribution < -0.4 is 10.1 Å². The average molecular weight is 396 g/mol. The van der Waals surface area contributed by atoms with Gasteiger partial charge < -0.3 is 10.1 Å². The van der Waals surface area contributed by atoms with Gasteiger partial charge in [-0.15, -0.1) is 0 Å². The number of ether oxygens (including phenoxy) is 1. The maximum Gasteiger partial charge on any atom is 0.248 e. The zero-order valence-corrected chi connectivity index (χ0v) is 17.3.